The number of aliphatic hydroxyl groups is 1. The summed E-state index contributed by atoms with van der Waals surface area (Å²) >= 11 is 0. The van der Waals surface area contributed by atoms with Crippen molar-refractivity contribution in [1.82, 2.24) is 5.32 Å². The van der Waals surface area contributed by atoms with Crippen molar-refractivity contribution in [2.24, 2.45) is 11.7 Å². The zero-order valence-electron chi connectivity index (χ0n) is 9.75. The Morgan fingerprint density at radius 3 is 2.67 bits per heavy atom. The molecule has 0 aromatic rings. The van der Waals surface area contributed by atoms with Gasteiger partial charge in [0.25, 0.3) is 0 Å². The number of nitrogens with one attached hydrogen (secondary N) is 1. The fraction of sp³-hybridized carbons (Fsp3) is 1.00. The van der Waals surface area contributed by atoms with Gasteiger partial charge in [-0.2, -0.15) is 0 Å². The van der Waals surface area contributed by atoms with Crippen molar-refractivity contribution in [2.45, 2.75) is 51.0 Å². The van der Waals surface area contributed by atoms with E-state index >= 15 is 0 Å². The lowest BCUT2D eigenvalue weighted by Crippen LogP contribution is -2.42. The van der Waals surface area contributed by atoms with E-state index in [-0.39, 0.29) is 0 Å². The summed E-state index contributed by atoms with van der Waals surface area (Å²) in [6.45, 7) is 2.24. The lowest BCUT2D eigenvalue weighted by molar-refractivity contribution is 0.262. The van der Waals surface area contributed by atoms with E-state index in [1.165, 1.54) is 32.1 Å². The van der Waals surface area contributed by atoms with E-state index in [0.717, 1.165) is 25.9 Å². The molecule has 1 aliphatic carbocycles. The molecule has 1 saturated carbocycles. The number of hydrogen-bond acceptors (Lipinski definition) is 3. The van der Waals surface area contributed by atoms with Gasteiger partial charge in [-0.05, 0) is 51.1 Å². The molecular formula is C12H26N2O. The summed E-state index contributed by atoms with van der Waals surface area (Å²) in [7, 11) is 0. The average molecular weight is 214 g/mol. The molecule has 0 bridgehead atoms. The van der Waals surface area contributed by atoms with Crippen molar-refractivity contribution in [1.29, 1.82) is 0 Å². The molecule has 1 aliphatic rings. The van der Waals surface area contributed by atoms with Crippen molar-refractivity contribution < 1.29 is 5.11 Å². The minimum Gasteiger partial charge on any atom is -0.396 e. The first kappa shape index (κ1) is 12.9. The first-order chi connectivity index (χ1) is 7.38. The Bertz CT molecular complexity index is 153. The molecule has 1 rings (SSSR count). The molecule has 90 valence electrons. The van der Waals surface area contributed by atoms with Gasteiger partial charge in [0.2, 0.25) is 0 Å². The zero-order valence-corrected chi connectivity index (χ0v) is 9.75. The molecule has 3 heteroatoms. The predicted molar refractivity (Wildman–Crippen MR) is 63.7 cm³/mol. The van der Waals surface area contributed by atoms with Gasteiger partial charge in [-0.1, -0.05) is 12.8 Å². The summed E-state index contributed by atoms with van der Waals surface area (Å²) in [5, 5.41) is 12.3. The van der Waals surface area contributed by atoms with Crippen LogP contribution in [0.4, 0.5) is 0 Å². The summed E-state index contributed by atoms with van der Waals surface area (Å²) in [4.78, 5) is 0. The third kappa shape index (κ3) is 4.96. The molecule has 0 amide bonds. The van der Waals surface area contributed by atoms with Gasteiger partial charge >= 0.3 is 0 Å². The predicted octanol–water partition coefficient (Wildman–Crippen LogP) is 1.26. The van der Waals surface area contributed by atoms with Crippen LogP contribution in [0.5, 0.6) is 0 Å². The Morgan fingerprint density at radius 1 is 1.13 bits per heavy atom. The van der Waals surface area contributed by atoms with Gasteiger partial charge in [0.05, 0.1) is 0 Å². The van der Waals surface area contributed by atoms with E-state index in [4.69, 9.17) is 10.8 Å². The topological polar surface area (TPSA) is 58.3 Å². The average Bonchev–Trinajstić information content (AvgIpc) is 2.29. The molecule has 4 N–H and O–H groups in total. The van der Waals surface area contributed by atoms with Gasteiger partial charge in [-0.3, -0.25) is 0 Å². The first-order valence-electron chi connectivity index (χ1n) is 6.42. The van der Waals surface area contributed by atoms with Gasteiger partial charge in [0.1, 0.15) is 0 Å². The number of rotatable bonds is 7. The molecule has 0 spiro atoms. The number of aliphatic hydroxyl groups excluding tert-OH is 1. The molecule has 0 aromatic carbocycles. The van der Waals surface area contributed by atoms with Crippen LogP contribution in [0.15, 0.2) is 0 Å². The van der Waals surface area contributed by atoms with Crippen LogP contribution in [-0.4, -0.2) is 30.8 Å². The molecule has 15 heavy (non-hydrogen) atoms. The molecular weight excluding hydrogens is 188 g/mol. The van der Waals surface area contributed by atoms with E-state index in [2.05, 4.69) is 5.32 Å². The summed E-state index contributed by atoms with van der Waals surface area (Å²) in [5.41, 5.74) is 5.77. The number of nitrogens with two attached hydrogens (primary N) is 1. The van der Waals surface area contributed by atoms with Gasteiger partial charge < -0.3 is 16.2 Å². The molecule has 0 heterocycles. The van der Waals surface area contributed by atoms with Crippen molar-refractivity contribution in [3.8, 4) is 0 Å². The maximum Gasteiger partial charge on any atom is 0.0431 e. The van der Waals surface area contributed by atoms with Crippen LogP contribution in [0, 0.1) is 5.92 Å². The van der Waals surface area contributed by atoms with Crippen molar-refractivity contribution in [3.63, 3.8) is 0 Å². The van der Waals surface area contributed by atoms with Crippen molar-refractivity contribution in [3.05, 3.63) is 0 Å². The van der Waals surface area contributed by atoms with Crippen LogP contribution in [0.2, 0.25) is 0 Å². The van der Waals surface area contributed by atoms with Gasteiger partial charge in [-0.25, -0.2) is 0 Å². The summed E-state index contributed by atoms with van der Waals surface area (Å²) in [6.07, 6.45) is 8.53. The maximum absolute atomic E-state index is 8.66. The Morgan fingerprint density at radius 2 is 1.93 bits per heavy atom. The van der Waals surface area contributed by atoms with Gasteiger partial charge in [0, 0.05) is 12.6 Å². The highest BCUT2D eigenvalue weighted by Crippen LogP contribution is 2.23. The fourth-order valence-electron chi connectivity index (χ4n) is 2.46. The third-order valence-corrected chi connectivity index (χ3v) is 3.45. The highest BCUT2D eigenvalue weighted by atomic mass is 16.2. The van der Waals surface area contributed by atoms with Gasteiger partial charge in [-0.15, -0.1) is 0 Å². The van der Waals surface area contributed by atoms with Crippen LogP contribution in [0.3, 0.4) is 0 Å². The Kier molecular flexibility index (Phi) is 6.98. The first-order valence-corrected chi connectivity index (χ1v) is 6.42. The second-order valence-electron chi connectivity index (χ2n) is 4.63. The number of unbranched alkanes of at least 4 members (excludes halogenated alkanes) is 2. The second-order valence-corrected chi connectivity index (χ2v) is 4.63. The summed E-state index contributed by atoms with van der Waals surface area (Å²) < 4.78 is 0. The van der Waals surface area contributed by atoms with Crippen LogP contribution in [-0.2, 0) is 0 Å². The molecule has 1 fully saturated rings. The fourth-order valence-corrected chi connectivity index (χ4v) is 2.46. The lowest BCUT2D eigenvalue weighted by atomic mass is 9.84. The molecule has 3 nitrogen and oxygen atoms in total. The normalized spacial score (nSPS) is 26.8. The van der Waals surface area contributed by atoms with E-state index in [1.54, 1.807) is 0 Å². The lowest BCUT2D eigenvalue weighted by Gasteiger charge is -2.31. The summed E-state index contributed by atoms with van der Waals surface area (Å²) in [5.74, 6) is 0.691. The van der Waals surface area contributed by atoms with Crippen molar-refractivity contribution >= 4 is 0 Å². The maximum atomic E-state index is 8.66. The molecule has 2 atom stereocenters. The molecule has 0 saturated heterocycles. The molecule has 0 aliphatic heterocycles. The smallest absolute Gasteiger partial charge is 0.0431 e. The monoisotopic (exact) mass is 214 g/mol. The van der Waals surface area contributed by atoms with E-state index in [9.17, 15) is 0 Å². The van der Waals surface area contributed by atoms with E-state index in [0.29, 0.717) is 18.6 Å². The highest BCUT2D eigenvalue weighted by molar-refractivity contribution is 4.81. The SMILES string of the molecule is NCC1CCCCC1NCCCCCO. The number of hydrogen-bond donors (Lipinski definition) is 3. The third-order valence-electron chi connectivity index (χ3n) is 3.45. The van der Waals surface area contributed by atoms with Crippen LogP contribution in [0.1, 0.15) is 44.9 Å². The molecule has 2 unspecified atom stereocenters. The van der Waals surface area contributed by atoms with Crippen LogP contribution < -0.4 is 11.1 Å². The highest BCUT2D eigenvalue weighted by Gasteiger charge is 2.22. The van der Waals surface area contributed by atoms with E-state index < -0.39 is 0 Å². The van der Waals surface area contributed by atoms with Crippen LogP contribution >= 0.6 is 0 Å². The quantitative estimate of drug-likeness (QED) is 0.559. The second kappa shape index (κ2) is 8.08. The molecule has 0 radical (unpaired) electrons. The standard InChI is InChI=1S/C12H26N2O/c13-10-11-6-2-3-7-12(11)14-8-4-1-5-9-15/h11-12,14-15H,1-10,13H2. The Labute approximate surface area is 93.4 Å². The molecule has 0 aromatic heterocycles. The minimum absolute atomic E-state index is 0.328. The van der Waals surface area contributed by atoms with Gasteiger partial charge in [0.15, 0.2) is 0 Å². The van der Waals surface area contributed by atoms with E-state index in [1.807, 2.05) is 0 Å². The van der Waals surface area contributed by atoms with Crippen molar-refractivity contribution in [2.75, 3.05) is 19.7 Å². The summed E-state index contributed by atoms with van der Waals surface area (Å²) in [6, 6.07) is 0.651. The Hall–Kier alpha value is -0.120. The Balaban J connectivity index is 2.07. The minimum atomic E-state index is 0.328. The zero-order chi connectivity index (χ0) is 10.9. The van der Waals surface area contributed by atoms with Crippen LogP contribution in [0.25, 0.3) is 0 Å². The largest absolute Gasteiger partial charge is 0.396 e.